The number of piperidine rings is 1. The number of hydrogen-bond acceptors (Lipinski definition) is 4. The van der Waals surface area contributed by atoms with E-state index in [4.69, 9.17) is 4.98 Å². The lowest BCUT2D eigenvalue weighted by molar-refractivity contribution is 0.0867. The van der Waals surface area contributed by atoms with Crippen LogP contribution in [0.15, 0.2) is 48.5 Å². The summed E-state index contributed by atoms with van der Waals surface area (Å²) in [4.78, 5) is 12.3. The summed E-state index contributed by atoms with van der Waals surface area (Å²) in [5.74, 6) is 1.06. The van der Waals surface area contributed by atoms with Crippen LogP contribution in [0.25, 0.3) is 11.0 Å². The van der Waals surface area contributed by atoms with E-state index in [-0.39, 0.29) is 5.82 Å². The Morgan fingerprint density at radius 3 is 2.55 bits per heavy atom. The van der Waals surface area contributed by atoms with Crippen molar-refractivity contribution in [1.29, 1.82) is 0 Å². The lowest BCUT2D eigenvalue weighted by Crippen LogP contribution is -2.55. The van der Waals surface area contributed by atoms with Crippen LogP contribution in [0.4, 0.5) is 10.1 Å². The number of halogens is 1. The Kier molecular flexibility index (Phi) is 5.92. The smallest absolute Gasteiger partial charge is 0.146 e. The molecule has 0 bridgehead atoms. The number of piperazine rings is 1. The van der Waals surface area contributed by atoms with Crippen molar-refractivity contribution in [3.8, 4) is 0 Å². The predicted molar refractivity (Wildman–Crippen MR) is 124 cm³/mol. The summed E-state index contributed by atoms with van der Waals surface area (Å²) < 4.78 is 16.5. The van der Waals surface area contributed by atoms with Gasteiger partial charge in [0.15, 0.2) is 0 Å². The highest BCUT2D eigenvalue weighted by Gasteiger charge is 2.29. The Labute approximate surface area is 184 Å². The molecule has 5 nitrogen and oxygen atoms in total. The summed E-state index contributed by atoms with van der Waals surface area (Å²) in [5, 5.41) is 0. The van der Waals surface area contributed by atoms with Gasteiger partial charge in [-0.15, -0.1) is 0 Å². The minimum atomic E-state index is -0.112. The second kappa shape index (κ2) is 8.97. The monoisotopic (exact) mass is 421 g/mol. The molecule has 2 fully saturated rings. The number of likely N-dealkylation sites (tertiary alicyclic amines) is 1. The number of aryl methyl sites for hydroxylation is 1. The zero-order valence-electron chi connectivity index (χ0n) is 18.4. The van der Waals surface area contributed by atoms with Crippen LogP contribution in [-0.4, -0.2) is 64.7 Å². The first-order chi connectivity index (χ1) is 15.2. The van der Waals surface area contributed by atoms with E-state index in [9.17, 15) is 4.39 Å². The van der Waals surface area contributed by atoms with E-state index in [1.807, 2.05) is 12.1 Å². The number of hydrogen-bond donors (Lipinski definition) is 0. The van der Waals surface area contributed by atoms with Crippen molar-refractivity contribution in [3.05, 3.63) is 60.2 Å². The molecule has 0 amide bonds. The topological polar surface area (TPSA) is 27.5 Å². The number of benzene rings is 2. The largest absolute Gasteiger partial charge is 0.367 e. The summed E-state index contributed by atoms with van der Waals surface area (Å²) in [7, 11) is 0. The fraction of sp³-hybridized carbons (Fsp3) is 0.480. The molecule has 0 saturated carbocycles. The van der Waals surface area contributed by atoms with Crippen molar-refractivity contribution in [2.45, 2.75) is 38.9 Å². The van der Waals surface area contributed by atoms with Crippen molar-refractivity contribution in [2.75, 3.05) is 44.2 Å². The third-order valence-electron chi connectivity index (χ3n) is 6.92. The molecule has 1 aromatic heterocycles. The van der Waals surface area contributed by atoms with Gasteiger partial charge in [-0.2, -0.15) is 0 Å². The molecule has 0 radical (unpaired) electrons. The van der Waals surface area contributed by atoms with Crippen LogP contribution >= 0.6 is 0 Å². The number of imidazole rings is 1. The van der Waals surface area contributed by atoms with E-state index >= 15 is 0 Å². The molecule has 0 spiro atoms. The molecule has 5 rings (SSSR count). The number of fused-ring (bicyclic) bond motifs is 1. The average Bonchev–Trinajstić information content (AvgIpc) is 3.16. The van der Waals surface area contributed by atoms with Crippen molar-refractivity contribution < 1.29 is 4.39 Å². The highest BCUT2D eigenvalue weighted by molar-refractivity contribution is 5.75. The summed E-state index contributed by atoms with van der Waals surface area (Å²) in [6.45, 7) is 10.1. The predicted octanol–water partition coefficient (Wildman–Crippen LogP) is 3.98. The fourth-order valence-electron chi connectivity index (χ4n) is 5.31. The van der Waals surface area contributed by atoms with E-state index < -0.39 is 0 Å². The van der Waals surface area contributed by atoms with E-state index in [0.29, 0.717) is 6.04 Å². The first kappa shape index (κ1) is 20.5. The Bertz CT molecular complexity index is 1020. The zero-order chi connectivity index (χ0) is 21.2. The number of anilines is 1. The Morgan fingerprint density at radius 2 is 1.74 bits per heavy atom. The molecule has 31 heavy (non-hydrogen) atoms. The van der Waals surface area contributed by atoms with Crippen LogP contribution in [0.5, 0.6) is 0 Å². The van der Waals surface area contributed by atoms with Gasteiger partial charge in [0, 0.05) is 45.3 Å². The molecule has 3 heterocycles. The number of para-hydroxylation sites is 3. The average molecular weight is 422 g/mol. The van der Waals surface area contributed by atoms with Gasteiger partial charge < -0.3 is 9.47 Å². The Balaban J connectivity index is 1.22. The van der Waals surface area contributed by atoms with Crippen molar-refractivity contribution in [1.82, 2.24) is 19.4 Å². The number of nitrogens with zero attached hydrogens (tertiary/aromatic N) is 5. The molecule has 6 heteroatoms. The molecule has 2 aliphatic rings. The molecule has 2 saturated heterocycles. The maximum atomic E-state index is 14.2. The zero-order valence-corrected chi connectivity index (χ0v) is 18.4. The SMILES string of the molecule is CCn1c(CN2CCCC(N3CCN(c4ccccc4F)CC3)C2)nc2ccccc21. The standard InChI is InChI=1S/C25H32FN5/c1-2-31-24-12-6-4-10-22(24)27-25(31)19-28-13-7-8-20(18-28)29-14-16-30(17-15-29)23-11-5-3-9-21(23)26/h3-6,9-12,20H,2,7-8,13-19H2,1H3. The highest BCUT2D eigenvalue weighted by atomic mass is 19.1. The summed E-state index contributed by atoms with van der Waals surface area (Å²) in [6.07, 6.45) is 2.48. The first-order valence-electron chi connectivity index (χ1n) is 11.6. The van der Waals surface area contributed by atoms with Crippen LogP contribution in [0.2, 0.25) is 0 Å². The quantitative estimate of drug-likeness (QED) is 0.623. The molecule has 1 atom stereocenters. The second-order valence-corrected chi connectivity index (χ2v) is 8.77. The molecule has 1 unspecified atom stereocenters. The van der Waals surface area contributed by atoms with Gasteiger partial charge in [0.2, 0.25) is 0 Å². The third kappa shape index (κ3) is 4.19. The van der Waals surface area contributed by atoms with Crippen LogP contribution in [0, 0.1) is 5.82 Å². The number of rotatable bonds is 5. The van der Waals surface area contributed by atoms with Gasteiger partial charge in [-0.25, -0.2) is 9.37 Å². The molecule has 164 valence electrons. The summed E-state index contributed by atoms with van der Waals surface area (Å²) in [5.41, 5.74) is 3.07. The van der Waals surface area contributed by atoms with Gasteiger partial charge in [-0.3, -0.25) is 9.80 Å². The normalized spacial score (nSPS) is 21.1. The lowest BCUT2D eigenvalue weighted by Gasteiger charge is -2.44. The van der Waals surface area contributed by atoms with E-state index in [2.05, 4.69) is 50.5 Å². The first-order valence-corrected chi connectivity index (χ1v) is 11.6. The van der Waals surface area contributed by atoms with Gasteiger partial charge in [0.25, 0.3) is 0 Å². The molecule has 0 N–H and O–H groups in total. The Hall–Kier alpha value is -2.44. The van der Waals surface area contributed by atoms with Gasteiger partial charge >= 0.3 is 0 Å². The summed E-state index contributed by atoms with van der Waals surface area (Å²) in [6, 6.07) is 16.2. The van der Waals surface area contributed by atoms with Crippen LogP contribution in [-0.2, 0) is 13.1 Å². The van der Waals surface area contributed by atoms with Gasteiger partial charge in [-0.05, 0) is 50.6 Å². The molecule has 2 aromatic carbocycles. The number of aromatic nitrogens is 2. The van der Waals surface area contributed by atoms with E-state index in [0.717, 1.165) is 63.6 Å². The van der Waals surface area contributed by atoms with Crippen molar-refractivity contribution in [2.24, 2.45) is 0 Å². The van der Waals surface area contributed by atoms with Gasteiger partial charge in [0.1, 0.15) is 11.6 Å². The second-order valence-electron chi connectivity index (χ2n) is 8.77. The minimum Gasteiger partial charge on any atom is -0.367 e. The molecule has 0 aliphatic carbocycles. The Morgan fingerprint density at radius 1 is 0.968 bits per heavy atom. The van der Waals surface area contributed by atoms with Crippen molar-refractivity contribution >= 4 is 16.7 Å². The molecule has 3 aromatic rings. The highest BCUT2D eigenvalue weighted by Crippen LogP contribution is 2.24. The molecular formula is C25H32FN5. The van der Waals surface area contributed by atoms with E-state index in [1.165, 1.54) is 24.2 Å². The fourth-order valence-corrected chi connectivity index (χ4v) is 5.31. The van der Waals surface area contributed by atoms with Gasteiger partial charge in [0.05, 0.1) is 23.3 Å². The van der Waals surface area contributed by atoms with Crippen LogP contribution in [0.3, 0.4) is 0 Å². The lowest BCUT2D eigenvalue weighted by atomic mass is 10.0. The minimum absolute atomic E-state index is 0.112. The third-order valence-corrected chi connectivity index (χ3v) is 6.92. The maximum Gasteiger partial charge on any atom is 0.146 e. The molecule has 2 aliphatic heterocycles. The van der Waals surface area contributed by atoms with Crippen LogP contribution < -0.4 is 4.90 Å². The van der Waals surface area contributed by atoms with Crippen molar-refractivity contribution in [3.63, 3.8) is 0 Å². The van der Waals surface area contributed by atoms with Gasteiger partial charge in [-0.1, -0.05) is 24.3 Å². The summed E-state index contributed by atoms with van der Waals surface area (Å²) >= 11 is 0. The van der Waals surface area contributed by atoms with E-state index in [1.54, 1.807) is 12.1 Å². The van der Waals surface area contributed by atoms with Crippen LogP contribution in [0.1, 0.15) is 25.6 Å². The maximum absolute atomic E-state index is 14.2. The molecular weight excluding hydrogens is 389 g/mol.